The number of rotatable bonds is 8. The number of fused-ring (bicyclic) bond motifs is 1. The Bertz CT molecular complexity index is 917. The molecule has 1 N–H and O–H groups in total. The summed E-state index contributed by atoms with van der Waals surface area (Å²) >= 11 is 0. The van der Waals surface area contributed by atoms with Crippen LogP contribution in [0.4, 0.5) is 0 Å². The van der Waals surface area contributed by atoms with Crippen LogP contribution in [0.25, 0.3) is 11.0 Å². The van der Waals surface area contributed by atoms with Gasteiger partial charge in [0.25, 0.3) is 0 Å². The number of morpholine rings is 1. The summed E-state index contributed by atoms with van der Waals surface area (Å²) in [5.41, 5.74) is 1.53. The van der Waals surface area contributed by atoms with Gasteiger partial charge in [0.15, 0.2) is 0 Å². The summed E-state index contributed by atoms with van der Waals surface area (Å²) in [7, 11) is 0. The van der Waals surface area contributed by atoms with Crippen molar-refractivity contribution in [1.82, 2.24) is 30.1 Å². The molecule has 172 valence electrons. The second-order valence-electron chi connectivity index (χ2n) is 9.44. The van der Waals surface area contributed by atoms with Crippen molar-refractivity contribution in [1.29, 1.82) is 0 Å². The molecule has 0 radical (unpaired) electrons. The van der Waals surface area contributed by atoms with Crippen molar-refractivity contribution >= 4 is 22.8 Å². The fourth-order valence-corrected chi connectivity index (χ4v) is 4.70. The van der Waals surface area contributed by atoms with Crippen LogP contribution < -0.4 is 5.32 Å². The van der Waals surface area contributed by atoms with Gasteiger partial charge in [-0.05, 0) is 62.7 Å². The second kappa shape index (κ2) is 9.54. The number of benzene rings is 1. The monoisotopic (exact) mass is 440 g/mol. The van der Waals surface area contributed by atoms with E-state index in [0.29, 0.717) is 19.0 Å². The van der Waals surface area contributed by atoms with E-state index >= 15 is 0 Å². The fourth-order valence-electron chi connectivity index (χ4n) is 4.70. The molecule has 32 heavy (non-hydrogen) atoms. The maximum absolute atomic E-state index is 12.4. The van der Waals surface area contributed by atoms with E-state index in [9.17, 15) is 9.59 Å². The van der Waals surface area contributed by atoms with Crippen molar-refractivity contribution in [2.75, 3.05) is 45.9 Å². The first-order valence-corrected chi connectivity index (χ1v) is 11.8. The molecule has 2 amide bonds. The lowest BCUT2D eigenvalue weighted by atomic mass is 9.95. The number of amides is 2. The van der Waals surface area contributed by atoms with E-state index in [4.69, 9.17) is 4.74 Å². The molecule has 3 fully saturated rings. The third-order valence-electron chi connectivity index (χ3n) is 6.76. The number of hydrogen-bond acceptors (Lipinski definition) is 6. The topological polar surface area (TPSA) is 92.6 Å². The lowest BCUT2D eigenvalue weighted by Gasteiger charge is -2.38. The number of nitrogens with one attached hydrogen (secondary N) is 1. The molecule has 9 heteroatoms. The highest BCUT2D eigenvalue weighted by Gasteiger charge is 2.31. The number of carbonyl (C=O) groups is 2. The predicted octanol–water partition coefficient (Wildman–Crippen LogP) is 0.897. The van der Waals surface area contributed by atoms with Gasteiger partial charge in [0.2, 0.25) is 11.8 Å². The zero-order chi connectivity index (χ0) is 21.9. The van der Waals surface area contributed by atoms with Crippen LogP contribution in [-0.2, 0) is 20.9 Å². The van der Waals surface area contributed by atoms with Gasteiger partial charge in [-0.3, -0.25) is 9.59 Å². The highest BCUT2D eigenvalue weighted by molar-refractivity contribution is 5.78. The second-order valence-corrected chi connectivity index (χ2v) is 9.44. The molecule has 1 unspecified atom stereocenters. The summed E-state index contributed by atoms with van der Waals surface area (Å²) in [5.74, 6) is 1.38. The first-order valence-electron chi connectivity index (χ1n) is 11.8. The van der Waals surface area contributed by atoms with Crippen LogP contribution in [0.1, 0.15) is 25.7 Å². The van der Waals surface area contributed by atoms with Crippen LogP contribution in [0.3, 0.4) is 0 Å². The Balaban J connectivity index is 1.05. The van der Waals surface area contributed by atoms with Gasteiger partial charge in [0.05, 0.1) is 6.10 Å². The third kappa shape index (κ3) is 5.45. The van der Waals surface area contributed by atoms with Crippen LogP contribution in [0.2, 0.25) is 0 Å². The van der Waals surface area contributed by atoms with E-state index in [1.165, 1.54) is 24.2 Å². The molecule has 1 aliphatic carbocycles. The summed E-state index contributed by atoms with van der Waals surface area (Å²) in [6.45, 7) is 5.42. The maximum Gasteiger partial charge on any atom is 0.248 e. The van der Waals surface area contributed by atoms with E-state index in [2.05, 4.69) is 20.4 Å². The first kappa shape index (κ1) is 21.3. The summed E-state index contributed by atoms with van der Waals surface area (Å²) in [4.78, 5) is 30.7. The zero-order valence-electron chi connectivity index (χ0n) is 18.5. The molecule has 3 aliphatic rings. The van der Waals surface area contributed by atoms with Gasteiger partial charge in [-0.25, -0.2) is 0 Å². The molecule has 2 aromatic rings. The summed E-state index contributed by atoms with van der Waals surface area (Å²) in [6.07, 6.45) is 4.93. The Morgan fingerprint density at radius 3 is 2.41 bits per heavy atom. The van der Waals surface area contributed by atoms with E-state index in [1.54, 1.807) is 0 Å². The number of aromatic nitrogens is 3. The lowest BCUT2D eigenvalue weighted by Crippen LogP contribution is -2.52. The highest BCUT2D eigenvalue weighted by Crippen LogP contribution is 2.31. The summed E-state index contributed by atoms with van der Waals surface area (Å²) < 4.78 is 5.67. The molecule has 3 heterocycles. The van der Waals surface area contributed by atoms with Gasteiger partial charge in [-0.2, -0.15) is 15.0 Å². The molecular formula is C23H32N6O3. The average Bonchev–Trinajstić information content (AvgIpc) is 3.51. The standard InChI is InChI=1S/C23H32N6O3/c30-22(15-29-25-20-3-1-2-4-21(20)26-29)24-11-19-14-28(23(31)16-32-19)13-18-7-9-27(10-8-18)12-17-5-6-17/h1-4,17-19H,5-16H2,(H,24,30). The van der Waals surface area contributed by atoms with E-state index in [-0.39, 0.29) is 31.1 Å². The van der Waals surface area contributed by atoms with Gasteiger partial charge >= 0.3 is 0 Å². The van der Waals surface area contributed by atoms with Crippen LogP contribution in [0.15, 0.2) is 24.3 Å². The zero-order valence-corrected chi connectivity index (χ0v) is 18.5. The molecule has 1 aromatic heterocycles. The quantitative estimate of drug-likeness (QED) is 0.656. The molecule has 1 saturated carbocycles. The number of likely N-dealkylation sites (tertiary alicyclic amines) is 1. The lowest BCUT2D eigenvalue weighted by molar-refractivity contribution is -0.150. The Kier molecular flexibility index (Phi) is 6.36. The Morgan fingerprint density at radius 2 is 1.72 bits per heavy atom. The molecule has 0 spiro atoms. The molecule has 9 nitrogen and oxygen atoms in total. The Labute approximate surface area is 188 Å². The molecule has 2 aliphatic heterocycles. The first-order chi connectivity index (χ1) is 15.6. The maximum atomic E-state index is 12.4. The number of hydrogen-bond donors (Lipinski definition) is 1. The van der Waals surface area contributed by atoms with Crippen LogP contribution in [-0.4, -0.2) is 88.6 Å². The van der Waals surface area contributed by atoms with Crippen LogP contribution in [0.5, 0.6) is 0 Å². The van der Waals surface area contributed by atoms with Crippen LogP contribution >= 0.6 is 0 Å². The number of piperidine rings is 1. The highest BCUT2D eigenvalue weighted by atomic mass is 16.5. The smallest absolute Gasteiger partial charge is 0.248 e. The number of ether oxygens (including phenoxy) is 1. The molecular weight excluding hydrogens is 408 g/mol. The number of nitrogens with zero attached hydrogens (tertiary/aromatic N) is 5. The van der Waals surface area contributed by atoms with Crippen molar-refractivity contribution in [2.45, 2.75) is 38.3 Å². The van der Waals surface area contributed by atoms with Gasteiger partial charge in [0.1, 0.15) is 24.2 Å². The normalized spacial score (nSPS) is 23.1. The van der Waals surface area contributed by atoms with Crippen molar-refractivity contribution < 1.29 is 14.3 Å². The molecule has 2 saturated heterocycles. The SMILES string of the molecule is O=C(Cn1nc2ccccc2n1)NCC1CN(CC2CCN(CC3CC3)CC2)C(=O)CO1. The van der Waals surface area contributed by atoms with E-state index in [1.807, 2.05) is 29.2 Å². The molecule has 0 bridgehead atoms. The summed E-state index contributed by atoms with van der Waals surface area (Å²) in [5, 5.41) is 11.5. The minimum absolute atomic E-state index is 0.0559. The van der Waals surface area contributed by atoms with Gasteiger partial charge in [-0.15, -0.1) is 0 Å². The molecule has 1 atom stereocenters. The third-order valence-corrected chi connectivity index (χ3v) is 6.76. The van der Waals surface area contributed by atoms with Crippen LogP contribution in [0, 0.1) is 11.8 Å². The minimum Gasteiger partial charge on any atom is -0.365 e. The van der Waals surface area contributed by atoms with Crippen molar-refractivity contribution in [2.24, 2.45) is 11.8 Å². The van der Waals surface area contributed by atoms with Crippen molar-refractivity contribution in [3.05, 3.63) is 24.3 Å². The van der Waals surface area contributed by atoms with Gasteiger partial charge < -0.3 is 19.9 Å². The van der Waals surface area contributed by atoms with Crippen molar-refractivity contribution in [3.63, 3.8) is 0 Å². The Hall–Kier alpha value is -2.52. The van der Waals surface area contributed by atoms with Crippen molar-refractivity contribution in [3.8, 4) is 0 Å². The fraction of sp³-hybridized carbons (Fsp3) is 0.652. The Morgan fingerprint density at radius 1 is 1.03 bits per heavy atom. The molecule has 1 aromatic carbocycles. The van der Waals surface area contributed by atoms with Gasteiger partial charge in [0, 0.05) is 26.2 Å². The number of carbonyl (C=O) groups excluding carboxylic acids is 2. The molecule has 5 rings (SSSR count). The van der Waals surface area contributed by atoms with Gasteiger partial charge in [-0.1, -0.05) is 12.1 Å². The largest absolute Gasteiger partial charge is 0.365 e. The summed E-state index contributed by atoms with van der Waals surface area (Å²) in [6, 6.07) is 7.53. The predicted molar refractivity (Wildman–Crippen MR) is 119 cm³/mol. The van der Waals surface area contributed by atoms with E-state index < -0.39 is 0 Å². The average molecular weight is 441 g/mol. The minimum atomic E-state index is -0.184. The van der Waals surface area contributed by atoms with E-state index in [0.717, 1.165) is 49.4 Å².